The van der Waals surface area contributed by atoms with Crippen molar-refractivity contribution in [2.75, 3.05) is 0 Å². The summed E-state index contributed by atoms with van der Waals surface area (Å²) >= 11 is 0. The normalized spacial score (nSPS) is 12.1. The Labute approximate surface area is 131 Å². The van der Waals surface area contributed by atoms with Gasteiger partial charge in [0.2, 0.25) is 0 Å². The van der Waals surface area contributed by atoms with Crippen LogP contribution in [0.1, 0.15) is 44.2 Å². The summed E-state index contributed by atoms with van der Waals surface area (Å²) in [5, 5.41) is 0. The van der Waals surface area contributed by atoms with Gasteiger partial charge in [0.05, 0.1) is 0 Å². The second-order valence-corrected chi connectivity index (χ2v) is 6.92. The summed E-state index contributed by atoms with van der Waals surface area (Å²) in [5.41, 5.74) is 2.34. The van der Waals surface area contributed by atoms with Gasteiger partial charge in [-0.15, -0.1) is 0 Å². The Morgan fingerprint density at radius 1 is 0.810 bits per heavy atom. The molecule has 0 amide bonds. The van der Waals surface area contributed by atoms with Crippen LogP contribution in [0.2, 0.25) is 6.04 Å². The fourth-order valence-electron chi connectivity index (χ4n) is 2.85. The number of rotatable bonds is 8. The molecule has 0 heterocycles. The first-order chi connectivity index (χ1) is 10.3. The number of hydrogen-bond acceptors (Lipinski definition) is 1. The van der Waals surface area contributed by atoms with Crippen LogP contribution in [-0.2, 0) is 10.0 Å². The van der Waals surface area contributed by atoms with Crippen molar-refractivity contribution in [3.8, 4) is 0 Å². The lowest BCUT2D eigenvalue weighted by Crippen LogP contribution is -2.32. The maximum absolute atomic E-state index is 6.62. The third kappa shape index (κ3) is 3.83. The molecule has 0 aliphatic heterocycles. The highest BCUT2D eigenvalue weighted by molar-refractivity contribution is 6.27. The van der Waals surface area contributed by atoms with Crippen molar-refractivity contribution in [2.24, 2.45) is 0 Å². The molecule has 112 valence electrons. The Morgan fingerprint density at radius 3 is 1.76 bits per heavy atom. The summed E-state index contributed by atoms with van der Waals surface area (Å²) in [6.07, 6.45) is 3.38. The van der Waals surface area contributed by atoms with Gasteiger partial charge in [0.15, 0.2) is 9.76 Å². The van der Waals surface area contributed by atoms with Crippen molar-refractivity contribution in [2.45, 2.75) is 44.8 Å². The fraction of sp³-hybridized carbons (Fsp3) is 0.368. The van der Waals surface area contributed by atoms with E-state index in [2.05, 4.69) is 74.5 Å². The Morgan fingerprint density at radius 2 is 1.33 bits per heavy atom. The van der Waals surface area contributed by atoms with Crippen LogP contribution in [0.5, 0.6) is 0 Å². The van der Waals surface area contributed by atoms with Crippen molar-refractivity contribution in [1.82, 2.24) is 0 Å². The highest BCUT2D eigenvalue weighted by atomic mass is 28.2. The van der Waals surface area contributed by atoms with Gasteiger partial charge >= 0.3 is 0 Å². The van der Waals surface area contributed by atoms with Crippen LogP contribution in [0, 0.1) is 0 Å². The van der Waals surface area contributed by atoms with Gasteiger partial charge in [-0.1, -0.05) is 87.4 Å². The molecule has 2 aromatic rings. The molecule has 1 nitrogen and oxygen atoms in total. The third-order valence-corrected chi connectivity index (χ3v) is 5.62. The Bertz CT molecular complexity index is 470. The van der Waals surface area contributed by atoms with Gasteiger partial charge in [-0.3, -0.25) is 0 Å². The van der Waals surface area contributed by atoms with Crippen LogP contribution in [0.25, 0.3) is 0 Å². The maximum Gasteiger partial charge on any atom is 0.163 e. The van der Waals surface area contributed by atoms with Gasteiger partial charge in [0.1, 0.15) is 5.60 Å². The first kappa shape index (κ1) is 16.0. The van der Waals surface area contributed by atoms with Crippen molar-refractivity contribution < 1.29 is 4.43 Å². The molecule has 0 aliphatic carbocycles. The highest BCUT2D eigenvalue weighted by Crippen LogP contribution is 2.37. The van der Waals surface area contributed by atoms with E-state index in [-0.39, 0.29) is 5.60 Å². The molecule has 2 heteroatoms. The molecule has 0 radical (unpaired) electrons. The summed E-state index contributed by atoms with van der Waals surface area (Å²) in [7, 11) is -0.501. The predicted octanol–water partition coefficient (Wildman–Crippen LogP) is 4.66. The van der Waals surface area contributed by atoms with E-state index in [1.165, 1.54) is 23.6 Å². The van der Waals surface area contributed by atoms with Gasteiger partial charge in [0, 0.05) is 0 Å². The third-order valence-electron chi connectivity index (χ3n) is 3.93. The molecule has 0 fully saturated rings. The van der Waals surface area contributed by atoms with Crippen LogP contribution >= 0.6 is 0 Å². The van der Waals surface area contributed by atoms with Crippen LogP contribution in [0.15, 0.2) is 60.7 Å². The molecule has 0 saturated heterocycles. The Hall–Kier alpha value is -1.38. The largest absolute Gasteiger partial charge is 0.410 e. The molecule has 0 aromatic heterocycles. The summed E-state index contributed by atoms with van der Waals surface area (Å²) in [6.45, 7) is 4.48. The summed E-state index contributed by atoms with van der Waals surface area (Å²) in [6, 6.07) is 22.7. The molecule has 0 atom stereocenters. The molecule has 21 heavy (non-hydrogen) atoms. The standard InChI is InChI=1S/C19H26OSi/c1-3-15-19(20-21-16-4-2,17-11-7-5-8-12-17)18-13-9-6-10-14-18/h5-14H,3-4,15-16,21H2,1-2H3. The van der Waals surface area contributed by atoms with Gasteiger partial charge < -0.3 is 4.43 Å². The van der Waals surface area contributed by atoms with Crippen LogP contribution in [0.3, 0.4) is 0 Å². The molecule has 2 rings (SSSR count). The van der Waals surface area contributed by atoms with Gasteiger partial charge in [-0.25, -0.2) is 0 Å². The average Bonchev–Trinajstić information content (AvgIpc) is 2.56. The lowest BCUT2D eigenvalue weighted by Gasteiger charge is -2.36. The minimum Gasteiger partial charge on any atom is -0.410 e. The zero-order valence-electron chi connectivity index (χ0n) is 13.2. The molecule has 0 bridgehead atoms. The summed E-state index contributed by atoms with van der Waals surface area (Å²) < 4.78 is 6.62. The lowest BCUT2D eigenvalue weighted by atomic mass is 9.83. The predicted molar refractivity (Wildman–Crippen MR) is 93.3 cm³/mol. The first-order valence-electron chi connectivity index (χ1n) is 8.08. The van der Waals surface area contributed by atoms with Crippen LogP contribution in [-0.4, -0.2) is 9.76 Å². The van der Waals surface area contributed by atoms with Gasteiger partial charge in [-0.05, 0) is 23.6 Å². The topological polar surface area (TPSA) is 9.23 Å². The molecule has 0 N–H and O–H groups in total. The second-order valence-electron chi connectivity index (χ2n) is 5.51. The van der Waals surface area contributed by atoms with Crippen molar-refractivity contribution >= 4 is 9.76 Å². The van der Waals surface area contributed by atoms with E-state index < -0.39 is 9.76 Å². The molecular formula is C19H26OSi. The maximum atomic E-state index is 6.62. The average molecular weight is 299 g/mol. The molecule has 0 unspecified atom stereocenters. The fourth-order valence-corrected chi connectivity index (χ4v) is 4.11. The molecule has 2 aromatic carbocycles. The summed E-state index contributed by atoms with van der Waals surface area (Å²) in [5.74, 6) is 0. The highest BCUT2D eigenvalue weighted by Gasteiger charge is 2.33. The lowest BCUT2D eigenvalue weighted by molar-refractivity contribution is 0.105. The van der Waals surface area contributed by atoms with E-state index >= 15 is 0 Å². The molecule has 0 aliphatic rings. The zero-order valence-corrected chi connectivity index (χ0v) is 14.6. The molecule has 0 saturated carbocycles. The van der Waals surface area contributed by atoms with E-state index in [1.807, 2.05) is 0 Å². The smallest absolute Gasteiger partial charge is 0.163 e. The first-order valence-corrected chi connectivity index (χ1v) is 9.66. The van der Waals surface area contributed by atoms with Gasteiger partial charge in [-0.2, -0.15) is 0 Å². The number of hydrogen-bond donors (Lipinski definition) is 0. The molecule has 0 spiro atoms. The quantitative estimate of drug-likeness (QED) is 0.509. The van der Waals surface area contributed by atoms with Crippen molar-refractivity contribution in [3.05, 3.63) is 71.8 Å². The van der Waals surface area contributed by atoms with E-state index in [0.29, 0.717) is 0 Å². The molecular weight excluding hydrogens is 272 g/mol. The Balaban J connectivity index is 2.44. The van der Waals surface area contributed by atoms with Crippen LogP contribution in [0.4, 0.5) is 0 Å². The SMILES string of the molecule is CCC[SiH2]OC(CCC)(c1ccccc1)c1ccccc1. The second kappa shape index (κ2) is 8.16. The van der Waals surface area contributed by atoms with E-state index in [1.54, 1.807) is 0 Å². The van der Waals surface area contributed by atoms with Crippen LogP contribution < -0.4 is 0 Å². The van der Waals surface area contributed by atoms with E-state index in [9.17, 15) is 0 Å². The van der Waals surface area contributed by atoms with E-state index in [4.69, 9.17) is 4.43 Å². The minimum absolute atomic E-state index is 0.251. The minimum atomic E-state index is -0.501. The van der Waals surface area contributed by atoms with Crippen molar-refractivity contribution in [1.29, 1.82) is 0 Å². The summed E-state index contributed by atoms with van der Waals surface area (Å²) in [4.78, 5) is 0. The monoisotopic (exact) mass is 298 g/mol. The van der Waals surface area contributed by atoms with E-state index in [0.717, 1.165) is 12.8 Å². The zero-order chi connectivity index (χ0) is 15.0. The van der Waals surface area contributed by atoms with Crippen molar-refractivity contribution in [3.63, 3.8) is 0 Å². The number of benzene rings is 2. The van der Waals surface area contributed by atoms with Gasteiger partial charge in [0.25, 0.3) is 0 Å². The Kier molecular flexibility index (Phi) is 6.21.